The molecule has 0 atom stereocenters. The van der Waals surface area contributed by atoms with E-state index in [4.69, 9.17) is 0 Å². The number of likely N-dealkylation sites (tertiary alicyclic amines) is 1. The van der Waals surface area contributed by atoms with Crippen LogP contribution in [0.15, 0.2) is 60.0 Å². The Morgan fingerprint density at radius 2 is 1.61 bits per heavy atom. The Morgan fingerprint density at radius 1 is 0.879 bits per heavy atom. The van der Waals surface area contributed by atoms with Gasteiger partial charge in [0.1, 0.15) is 5.00 Å². The van der Waals surface area contributed by atoms with Gasteiger partial charge in [-0.25, -0.2) is 0 Å². The van der Waals surface area contributed by atoms with E-state index in [1.165, 1.54) is 11.3 Å². The fraction of sp³-hybridized carbons (Fsp3) is 0.269. The van der Waals surface area contributed by atoms with Crippen molar-refractivity contribution in [2.24, 2.45) is 0 Å². The molecule has 3 amide bonds. The van der Waals surface area contributed by atoms with E-state index in [1.54, 1.807) is 47.8 Å². The summed E-state index contributed by atoms with van der Waals surface area (Å²) in [6, 6.07) is 16.1. The van der Waals surface area contributed by atoms with Crippen molar-refractivity contribution in [3.63, 3.8) is 0 Å². The van der Waals surface area contributed by atoms with Gasteiger partial charge >= 0.3 is 0 Å². The lowest BCUT2D eigenvalue weighted by Gasteiger charge is -2.16. The van der Waals surface area contributed by atoms with Crippen LogP contribution in [0.4, 0.5) is 10.7 Å². The van der Waals surface area contributed by atoms with Gasteiger partial charge in [0.15, 0.2) is 0 Å². The summed E-state index contributed by atoms with van der Waals surface area (Å²) in [6.45, 7) is 5.74. The minimum absolute atomic E-state index is 0.0180. The van der Waals surface area contributed by atoms with Gasteiger partial charge in [-0.2, -0.15) is 0 Å². The van der Waals surface area contributed by atoms with Gasteiger partial charge in [-0.3, -0.25) is 14.4 Å². The summed E-state index contributed by atoms with van der Waals surface area (Å²) in [4.78, 5) is 40.1. The van der Waals surface area contributed by atoms with E-state index in [-0.39, 0.29) is 17.7 Å². The largest absolute Gasteiger partial charge is 0.339 e. The molecule has 0 unspecified atom stereocenters. The lowest BCUT2D eigenvalue weighted by Crippen LogP contribution is -2.27. The normalized spacial score (nSPS) is 13.2. The van der Waals surface area contributed by atoms with E-state index in [0.29, 0.717) is 33.3 Å². The summed E-state index contributed by atoms with van der Waals surface area (Å²) in [7, 11) is 0. The second-order valence-corrected chi connectivity index (χ2v) is 9.34. The average molecular weight is 462 g/mol. The van der Waals surface area contributed by atoms with Crippen LogP contribution in [-0.4, -0.2) is 35.7 Å². The van der Waals surface area contributed by atoms with Gasteiger partial charge in [-0.05, 0) is 66.1 Å². The number of hydrogen-bond acceptors (Lipinski definition) is 4. The molecule has 3 aromatic rings. The molecule has 0 saturated carbocycles. The molecule has 2 aromatic carbocycles. The first-order valence-corrected chi connectivity index (χ1v) is 12.0. The number of hydrogen-bond donors (Lipinski definition) is 2. The molecule has 170 valence electrons. The van der Waals surface area contributed by atoms with E-state index < -0.39 is 0 Å². The molecule has 0 bridgehead atoms. The molecule has 1 aliphatic heterocycles. The maximum atomic E-state index is 12.9. The van der Waals surface area contributed by atoms with Crippen LogP contribution < -0.4 is 10.6 Å². The number of amides is 3. The maximum Gasteiger partial charge on any atom is 0.258 e. The summed E-state index contributed by atoms with van der Waals surface area (Å²) in [5, 5.41) is 7.94. The highest BCUT2D eigenvalue weighted by molar-refractivity contribution is 7.14. The molecule has 4 rings (SSSR count). The molecule has 7 heteroatoms. The van der Waals surface area contributed by atoms with Crippen molar-refractivity contribution in [3.8, 4) is 0 Å². The molecule has 1 aromatic heterocycles. The van der Waals surface area contributed by atoms with Gasteiger partial charge in [0.2, 0.25) is 0 Å². The zero-order valence-corrected chi connectivity index (χ0v) is 19.6. The van der Waals surface area contributed by atoms with Crippen LogP contribution in [-0.2, 0) is 0 Å². The van der Waals surface area contributed by atoms with Gasteiger partial charge in [0.05, 0.1) is 5.56 Å². The van der Waals surface area contributed by atoms with Crippen LogP contribution in [0.5, 0.6) is 0 Å². The van der Waals surface area contributed by atoms with E-state index in [0.717, 1.165) is 31.5 Å². The minimum atomic E-state index is -0.340. The van der Waals surface area contributed by atoms with Crippen LogP contribution in [0, 0.1) is 0 Å². The zero-order chi connectivity index (χ0) is 23.4. The van der Waals surface area contributed by atoms with Gasteiger partial charge in [-0.1, -0.05) is 32.0 Å². The first kappa shape index (κ1) is 22.7. The van der Waals surface area contributed by atoms with Gasteiger partial charge < -0.3 is 15.5 Å². The molecule has 1 fully saturated rings. The Hall–Kier alpha value is -3.45. The van der Waals surface area contributed by atoms with Crippen molar-refractivity contribution in [1.29, 1.82) is 0 Å². The fourth-order valence-electron chi connectivity index (χ4n) is 3.81. The highest BCUT2D eigenvalue weighted by atomic mass is 32.1. The Morgan fingerprint density at radius 3 is 2.30 bits per heavy atom. The summed E-state index contributed by atoms with van der Waals surface area (Å²) >= 11 is 1.29. The Labute approximate surface area is 197 Å². The number of rotatable bonds is 6. The van der Waals surface area contributed by atoms with Crippen molar-refractivity contribution in [1.82, 2.24) is 4.90 Å². The molecule has 2 N–H and O–H groups in total. The van der Waals surface area contributed by atoms with E-state index in [2.05, 4.69) is 24.5 Å². The molecule has 0 radical (unpaired) electrons. The van der Waals surface area contributed by atoms with Crippen molar-refractivity contribution >= 4 is 39.7 Å². The molecular formula is C26H27N3O3S. The Balaban J connectivity index is 1.44. The predicted octanol–water partition coefficient (Wildman–Crippen LogP) is 5.61. The van der Waals surface area contributed by atoms with Crippen LogP contribution >= 0.6 is 11.3 Å². The SMILES string of the molecule is CC(C)c1ccc(C(=O)Nc2sccc2C(=O)Nc2cccc(C(=O)N3CCCC3)c2)cc1. The van der Waals surface area contributed by atoms with Crippen LogP contribution in [0.1, 0.15) is 69.2 Å². The first-order valence-electron chi connectivity index (χ1n) is 11.1. The van der Waals surface area contributed by atoms with Crippen LogP contribution in [0.25, 0.3) is 0 Å². The number of carbonyl (C=O) groups excluding carboxylic acids is 3. The monoisotopic (exact) mass is 461 g/mol. The number of carbonyl (C=O) groups is 3. The third-order valence-corrected chi connectivity index (χ3v) is 6.57. The molecular weight excluding hydrogens is 434 g/mol. The zero-order valence-electron chi connectivity index (χ0n) is 18.8. The quantitative estimate of drug-likeness (QED) is 0.501. The second kappa shape index (κ2) is 10.0. The molecule has 33 heavy (non-hydrogen) atoms. The molecule has 1 saturated heterocycles. The van der Waals surface area contributed by atoms with Crippen molar-refractivity contribution in [3.05, 3.63) is 82.2 Å². The van der Waals surface area contributed by atoms with Crippen LogP contribution in [0.3, 0.4) is 0 Å². The van der Waals surface area contributed by atoms with E-state index in [1.807, 2.05) is 17.0 Å². The molecule has 1 aliphatic rings. The number of nitrogens with one attached hydrogen (secondary N) is 2. The number of nitrogens with zero attached hydrogens (tertiary/aromatic N) is 1. The van der Waals surface area contributed by atoms with Crippen molar-refractivity contribution in [2.45, 2.75) is 32.6 Å². The number of anilines is 2. The summed E-state index contributed by atoms with van der Waals surface area (Å²) < 4.78 is 0. The lowest BCUT2D eigenvalue weighted by atomic mass is 10.0. The van der Waals surface area contributed by atoms with Crippen molar-refractivity contribution in [2.75, 3.05) is 23.7 Å². The molecule has 0 spiro atoms. The average Bonchev–Trinajstić information content (AvgIpc) is 3.51. The first-order chi connectivity index (χ1) is 15.9. The van der Waals surface area contributed by atoms with Crippen LogP contribution in [0.2, 0.25) is 0 Å². The van der Waals surface area contributed by atoms with E-state index >= 15 is 0 Å². The molecule has 0 aliphatic carbocycles. The van der Waals surface area contributed by atoms with Gasteiger partial charge in [-0.15, -0.1) is 11.3 Å². The van der Waals surface area contributed by atoms with E-state index in [9.17, 15) is 14.4 Å². The predicted molar refractivity (Wildman–Crippen MR) is 132 cm³/mol. The minimum Gasteiger partial charge on any atom is -0.339 e. The summed E-state index contributed by atoms with van der Waals surface area (Å²) in [6.07, 6.45) is 2.05. The maximum absolute atomic E-state index is 12.9. The highest BCUT2D eigenvalue weighted by Crippen LogP contribution is 2.26. The van der Waals surface area contributed by atoms with Crippen molar-refractivity contribution < 1.29 is 14.4 Å². The van der Waals surface area contributed by atoms with Gasteiger partial charge in [0, 0.05) is 29.9 Å². The standard InChI is InChI=1S/C26H27N3O3S/c1-17(2)18-8-10-19(11-9-18)23(30)28-25-22(12-15-33-25)24(31)27-21-7-5-6-20(16-21)26(32)29-13-3-4-14-29/h5-12,15-17H,3-4,13-14H2,1-2H3,(H,27,31)(H,28,30). The smallest absolute Gasteiger partial charge is 0.258 e. The summed E-state index contributed by atoms with van der Waals surface area (Å²) in [5.41, 5.74) is 3.17. The number of thiophene rings is 1. The summed E-state index contributed by atoms with van der Waals surface area (Å²) in [5.74, 6) is -0.234. The third-order valence-electron chi connectivity index (χ3n) is 5.74. The fourth-order valence-corrected chi connectivity index (χ4v) is 4.59. The molecule has 6 nitrogen and oxygen atoms in total. The highest BCUT2D eigenvalue weighted by Gasteiger charge is 2.20. The van der Waals surface area contributed by atoms with Gasteiger partial charge in [0.25, 0.3) is 17.7 Å². The second-order valence-electron chi connectivity index (χ2n) is 8.43. The Kier molecular flexibility index (Phi) is 6.89. The third kappa shape index (κ3) is 5.31. The Bertz CT molecular complexity index is 1160. The topological polar surface area (TPSA) is 78.5 Å². The molecule has 2 heterocycles. The lowest BCUT2D eigenvalue weighted by molar-refractivity contribution is 0.0792. The number of benzene rings is 2.